The van der Waals surface area contributed by atoms with E-state index in [1.165, 1.54) is 0 Å². The maximum absolute atomic E-state index is 13.6. The van der Waals surface area contributed by atoms with Gasteiger partial charge in [0.2, 0.25) is 11.2 Å². The number of carbonyl (C=O) groups is 1. The molecule has 7 heteroatoms. The predicted molar refractivity (Wildman–Crippen MR) is 132 cm³/mol. The largest absolute Gasteiger partial charge is 0.493 e. The van der Waals surface area contributed by atoms with Crippen molar-refractivity contribution in [3.63, 3.8) is 0 Å². The number of pyridine rings is 1. The second-order valence-electron chi connectivity index (χ2n) is 8.94. The van der Waals surface area contributed by atoms with Crippen LogP contribution in [0.15, 0.2) is 76.1 Å². The van der Waals surface area contributed by atoms with Gasteiger partial charge in [0.1, 0.15) is 11.1 Å². The number of carbonyl (C=O) groups excluding carboxylic acids is 1. The fourth-order valence-corrected chi connectivity index (χ4v) is 4.40. The molecule has 5 rings (SSSR count). The lowest BCUT2D eigenvalue weighted by Crippen LogP contribution is -2.33. The lowest BCUT2D eigenvalue weighted by atomic mass is 9.98. The molecule has 4 aromatic rings. The van der Waals surface area contributed by atoms with Crippen molar-refractivity contribution >= 4 is 22.7 Å². The second-order valence-corrected chi connectivity index (χ2v) is 8.94. The highest BCUT2D eigenvalue weighted by Crippen LogP contribution is 2.42. The lowest BCUT2D eigenvalue weighted by Gasteiger charge is -2.19. The van der Waals surface area contributed by atoms with Gasteiger partial charge in [-0.2, -0.15) is 4.90 Å². The van der Waals surface area contributed by atoms with Crippen LogP contribution < -0.4 is 24.8 Å². The Hall–Kier alpha value is -4.13. The van der Waals surface area contributed by atoms with Gasteiger partial charge in [-0.05, 0) is 42.7 Å². The average molecular weight is 472 g/mol. The van der Waals surface area contributed by atoms with Crippen LogP contribution in [0.2, 0.25) is 0 Å². The van der Waals surface area contributed by atoms with Crippen molar-refractivity contribution in [1.29, 1.82) is 0 Å². The highest BCUT2D eigenvalue weighted by atomic mass is 16.5. The number of aromatic amines is 1. The number of H-pyrrole nitrogens is 1. The minimum atomic E-state index is -0.698. The van der Waals surface area contributed by atoms with Crippen LogP contribution in [0.4, 0.5) is 5.82 Å². The van der Waals surface area contributed by atoms with E-state index in [-0.39, 0.29) is 17.1 Å². The summed E-state index contributed by atoms with van der Waals surface area (Å²) in [6.45, 7) is 4.85. The zero-order chi connectivity index (χ0) is 24.5. The molecule has 0 spiro atoms. The number of amides is 1. The molecule has 1 unspecified atom stereocenters. The van der Waals surface area contributed by atoms with Crippen LogP contribution in [-0.4, -0.2) is 19.6 Å². The second kappa shape index (κ2) is 9.25. The summed E-state index contributed by atoms with van der Waals surface area (Å²) in [5.74, 6) is 1.89. The van der Waals surface area contributed by atoms with Crippen LogP contribution in [0, 0.1) is 5.92 Å². The van der Waals surface area contributed by atoms with E-state index >= 15 is 0 Å². The Balaban J connectivity index is 1.67. The van der Waals surface area contributed by atoms with Gasteiger partial charge in [0.15, 0.2) is 17.5 Å². The molecule has 35 heavy (non-hydrogen) atoms. The number of rotatable bonds is 7. The van der Waals surface area contributed by atoms with E-state index in [9.17, 15) is 9.59 Å². The maximum atomic E-state index is 13.6. The van der Waals surface area contributed by atoms with E-state index in [1.807, 2.05) is 30.3 Å². The Labute approximate surface area is 202 Å². The van der Waals surface area contributed by atoms with Crippen LogP contribution in [0.3, 0.4) is 0 Å². The van der Waals surface area contributed by atoms with Gasteiger partial charge in [0.25, 0.3) is 5.82 Å². The Kier molecular flexibility index (Phi) is 5.99. The number of methoxy groups -OCH3 is 1. The van der Waals surface area contributed by atoms with Crippen LogP contribution in [-0.2, 0) is 0 Å². The first-order valence-electron chi connectivity index (χ1n) is 11.7. The molecule has 0 saturated carbocycles. The molecule has 0 bridgehead atoms. The quantitative estimate of drug-likeness (QED) is 0.387. The van der Waals surface area contributed by atoms with E-state index in [1.54, 1.807) is 48.5 Å². The number of nitrogens with zero attached hydrogens (tertiary/aromatic N) is 1. The molecule has 1 aliphatic heterocycles. The number of ether oxygens (including phenoxy) is 2. The molecule has 1 atom stereocenters. The zero-order valence-corrected chi connectivity index (χ0v) is 19.9. The van der Waals surface area contributed by atoms with E-state index in [0.29, 0.717) is 51.9 Å². The number of nitrogens with one attached hydrogen (secondary N) is 1. The molecule has 178 valence electrons. The Bertz CT molecular complexity index is 1450. The van der Waals surface area contributed by atoms with Gasteiger partial charge in [-0.3, -0.25) is 4.79 Å². The first-order chi connectivity index (χ1) is 17.0. The molecule has 2 aromatic carbocycles. The van der Waals surface area contributed by atoms with Crippen molar-refractivity contribution in [3.8, 4) is 11.5 Å². The Morgan fingerprint density at radius 1 is 1.03 bits per heavy atom. The summed E-state index contributed by atoms with van der Waals surface area (Å²) >= 11 is 0. The molecule has 7 nitrogen and oxygen atoms in total. The highest BCUT2D eigenvalue weighted by molar-refractivity contribution is 6.09. The summed E-state index contributed by atoms with van der Waals surface area (Å²) in [7, 11) is 1.58. The topological polar surface area (TPSA) is 83.1 Å². The zero-order valence-electron chi connectivity index (χ0n) is 19.9. The number of aromatic nitrogens is 1. The van der Waals surface area contributed by atoms with Gasteiger partial charge in [0, 0.05) is 11.6 Å². The van der Waals surface area contributed by atoms with Crippen molar-refractivity contribution in [3.05, 3.63) is 94.0 Å². The molecule has 0 aliphatic carbocycles. The normalized spacial score (nSPS) is 15.0. The van der Waals surface area contributed by atoms with E-state index in [2.05, 4.69) is 18.8 Å². The van der Waals surface area contributed by atoms with Crippen LogP contribution in [0.5, 0.6) is 11.5 Å². The van der Waals surface area contributed by atoms with E-state index in [4.69, 9.17) is 13.9 Å². The third kappa shape index (κ3) is 4.03. The van der Waals surface area contributed by atoms with E-state index in [0.717, 1.165) is 6.42 Å². The number of fused-ring (bicyclic) bond motifs is 2. The fraction of sp³-hybridized carbons (Fsp3) is 0.250. The SMILES string of the molecule is COc1cc(C2c3c(oc4ccccc4c3=O)C(=O)N2c2cccc[nH+]2)ccc1OCCC(C)C. The van der Waals surface area contributed by atoms with Gasteiger partial charge in [-0.25, -0.2) is 9.78 Å². The van der Waals surface area contributed by atoms with Crippen molar-refractivity contribution in [2.75, 3.05) is 18.6 Å². The summed E-state index contributed by atoms with van der Waals surface area (Å²) in [6, 6.07) is 17.2. The van der Waals surface area contributed by atoms with Gasteiger partial charge in [-0.15, -0.1) is 0 Å². The van der Waals surface area contributed by atoms with Gasteiger partial charge < -0.3 is 13.9 Å². The molecular formula is C28H27N2O5+. The minimum absolute atomic E-state index is 0.0483. The van der Waals surface area contributed by atoms with Crippen LogP contribution in [0.1, 0.15) is 48.0 Å². The summed E-state index contributed by atoms with van der Waals surface area (Å²) in [5.41, 5.74) is 1.18. The summed E-state index contributed by atoms with van der Waals surface area (Å²) in [6.07, 6.45) is 2.65. The first-order valence-corrected chi connectivity index (χ1v) is 11.7. The number of benzene rings is 2. The summed E-state index contributed by atoms with van der Waals surface area (Å²) in [5, 5.41) is 0.434. The smallest absolute Gasteiger partial charge is 0.378 e. The summed E-state index contributed by atoms with van der Waals surface area (Å²) < 4.78 is 17.6. The molecule has 2 aromatic heterocycles. The molecule has 0 radical (unpaired) electrons. The molecule has 1 N–H and O–H groups in total. The molecule has 0 saturated heterocycles. The van der Waals surface area contributed by atoms with Crippen molar-refractivity contribution in [1.82, 2.24) is 0 Å². The predicted octanol–water partition coefficient (Wildman–Crippen LogP) is 4.79. The standard InChI is InChI=1S/C28H26N2O5/c1-17(2)13-15-34-21-12-11-18(16-22(21)33-3)25-24-26(31)19-8-4-5-9-20(19)35-27(24)28(32)30(25)23-10-6-7-14-29-23/h4-12,14,16-17,25H,13,15H2,1-3H3/p+1. The van der Waals surface area contributed by atoms with E-state index < -0.39 is 6.04 Å². The number of anilines is 1. The van der Waals surface area contributed by atoms with Crippen molar-refractivity contribution in [2.45, 2.75) is 26.3 Å². The third-order valence-electron chi connectivity index (χ3n) is 6.19. The first kappa shape index (κ1) is 22.7. The molecule has 1 amide bonds. The van der Waals surface area contributed by atoms with Gasteiger partial charge >= 0.3 is 5.91 Å². The van der Waals surface area contributed by atoms with Gasteiger partial charge in [0.05, 0.1) is 25.3 Å². The van der Waals surface area contributed by atoms with Crippen molar-refractivity contribution in [2.24, 2.45) is 5.92 Å². The van der Waals surface area contributed by atoms with Crippen LogP contribution >= 0.6 is 0 Å². The number of hydrogen-bond acceptors (Lipinski definition) is 5. The van der Waals surface area contributed by atoms with Gasteiger partial charge in [-0.1, -0.05) is 38.1 Å². The lowest BCUT2D eigenvalue weighted by molar-refractivity contribution is -0.363. The Morgan fingerprint density at radius 3 is 2.57 bits per heavy atom. The Morgan fingerprint density at radius 2 is 1.83 bits per heavy atom. The fourth-order valence-electron chi connectivity index (χ4n) is 4.40. The molecule has 0 fully saturated rings. The van der Waals surface area contributed by atoms with Crippen molar-refractivity contribution < 1.29 is 23.7 Å². The highest BCUT2D eigenvalue weighted by Gasteiger charge is 2.50. The number of para-hydroxylation sites is 1. The molecule has 3 heterocycles. The average Bonchev–Trinajstić information content (AvgIpc) is 3.17. The molecule has 1 aliphatic rings. The number of hydrogen-bond donors (Lipinski definition) is 0. The van der Waals surface area contributed by atoms with Crippen LogP contribution in [0.25, 0.3) is 11.0 Å². The third-order valence-corrected chi connectivity index (χ3v) is 6.19. The minimum Gasteiger partial charge on any atom is -0.493 e. The summed E-state index contributed by atoms with van der Waals surface area (Å²) in [4.78, 5) is 31.9. The maximum Gasteiger partial charge on any atom is 0.378 e. The monoisotopic (exact) mass is 471 g/mol. The molecular weight excluding hydrogens is 444 g/mol.